The molecule has 1 aliphatic heterocycles. The first-order valence-corrected chi connectivity index (χ1v) is 12.1. The Morgan fingerprint density at radius 2 is 1.88 bits per heavy atom. The van der Waals surface area contributed by atoms with E-state index in [-0.39, 0.29) is 30.2 Å². The summed E-state index contributed by atoms with van der Waals surface area (Å²) in [4.78, 5) is 0.937. The van der Waals surface area contributed by atoms with Crippen LogP contribution in [0.3, 0.4) is 0 Å². The Labute approximate surface area is 154 Å². The van der Waals surface area contributed by atoms with Crippen LogP contribution in [0.5, 0.6) is 0 Å². The van der Waals surface area contributed by atoms with Gasteiger partial charge in [0.05, 0.1) is 15.9 Å². The molecule has 0 spiro atoms. The molecule has 9 heteroatoms. The number of sulfonamides is 1. The Morgan fingerprint density at radius 3 is 2.54 bits per heavy atom. The van der Waals surface area contributed by atoms with Gasteiger partial charge in [-0.25, -0.2) is 16.8 Å². The minimum atomic E-state index is -3.73. The van der Waals surface area contributed by atoms with E-state index < -0.39 is 25.1 Å². The Bertz CT molecular complexity index is 923. The van der Waals surface area contributed by atoms with Crippen molar-refractivity contribution in [3.8, 4) is 0 Å². The second-order valence-electron chi connectivity index (χ2n) is 5.49. The molecule has 130 valence electrons. The largest absolute Gasteiger partial charge is 0.244 e. The first kappa shape index (κ1) is 18.1. The lowest BCUT2D eigenvalue weighted by Gasteiger charge is -2.20. The summed E-state index contributed by atoms with van der Waals surface area (Å²) in [5.74, 6) is -0.167. The highest BCUT2D eigenvalue weighted by molar-refractivity contribution is 9.10. The highest BCUT2D eigenvalue weighted by Gasteiger charge is 2.36. The molecule has 1 unspecified atom stereocenters. The van der Waals surface area contributed by atoms with E-state index in [2.05, 4.69) is 15.9 Å². The zero-order chi connectivity index (χ0) is 17.4. The number of rotatable bonds is 3. The SMILES string of the molecule is O=S1(=O)CCN(S(=O)(=O)c2ccccc2Br)CCC1c1cccs1. The van der Waals surface area contributed by atoms with E-state index in [1.807, 2.05) is 11.4 Å². The maximum atomic E-state index is 12.9. The zero-order valence-electron chi connectivity index (χ0n) is 12.6. The number of hydrogen-bond donors (Lipinski definition) is 0. The Balaban J connectivity index is 1.92. The smallest absolute Gasteiger partial charge is 0.228 e. The summed E-state index contributed by atoms with van der Waals surface area (Å²) in [6.07, 6.45) is 0.270. The molecule has 2 heterocycles. The van der Waals surface area contributed by atoms with Crippen LogP contribution in [0.1, 0.15) is 16.5 Å². The van der Waals surface area contributed by atoms with Gasteiger partial charge in [0, 0.05) is 22.4 Å². The van der Waals surface area contributed by atoms with Crippen LogP contribution in [-0.2, 0) is 19.9 Å². The molecule has 0 bridgehead atoms. The summed E-state index contributed by atoms with van der Waals surface area (Å²) >= 11 is 4.66. The van der Waals surface area contributed by atoms with Crippen molar-refractivity contribution < 1.29 is 16.8 Å². The summed E-state index contributed by atoms with van der Waals surface area (Å²) in [5.41, 5.74) is 0. The van der Waals surface area contributed by atoms with Crippen molar-refractivity contribution in [2.45, 2.75) is 16.6 Å². The molecular formula is C15H16BrNO4S3. The van der Waals surface area contributed by atoms with Crippen LogP contribution in [0.25, 0.3) is 0 Å². The summed E-state index contributed by atoms with van der Waals surface area (Å²) in [5, 5.41) is 1.21. The highest BCUT2D eigenvalue weighted by atomic mass is 79.9. The number of halogens is 1. The number of benzene rings is 1. The quantitative estimate of drug-likeness (QED) is 0.721. The molecule has 2 aromatic rings. The van der Waals surface area contributed by atoms with Crippen molar-refractivity contribution >= 4 is 47.1 Å². The van der Waals surface area contributed by atoms with Crippen LogP contribution in [0, 0.1) is 0 Å². The van der Waals surface area contributed by atoms with E-state index >= 15 is 0 Å². The van der Waals surface area contributed by atoms with E-state index in [1.54, 1.807) is 24.3 Å². The summed E-state index contributed by atoms with van der Waals surface area (Å²) in [7, 11) is -7.11. The molecule has 0 amide bonds. The molecule has 1 aromatic heterocycles. The van der Waals surface area contributed by atoms with Gasteiger partial charge in [0.1, 0.15) is 0 Å². The summed E-state index contributed by atoms with van der Waals surface area (Å²) < 4.78 is 52.6. The van der Waals surface area contributed by atoms with Gasteiger partial charge in [-0.3, -0.25) is 0 Å². The highest BCUT2D eigenvalue weighted by Crippen LogP contribution is 2.34. The minimum absolute atomic E-state index is 0.0200. The van der Waals surface area contributed by atoms with Crippen LogP contribution in [-0.4, -0.2) is 40.0 Å². The van der Waals surface area contributed by atoms with Gasteiger partial charge in [0.2, 0.25) is 10.0 Å². The third kappa shape index (κ3) is 3.45. The van der Waals surface area contributed by atoms with Gasteiger partial charge in [-0.1, -0.05) is 18.2 Å². The molecule has 1 aliphatic rings. The maximum Gasteiger partial charge on any atom is 0.244 e. The van der Waals surface area contributed by atoms with Gasteiger partial charge in [-0.2, -0.15) is 4.31 Å². The van der Waals surface area contributed by atoms with Crippen molar-refractivity contribution in [3.05, 3.63) is 51.1 Å². The fraction of sp³-hybridized carbons (Fsp3) is 0.333. The minimum Gasteiger partial charge on any atom is -0.228 e. The first-order chi connectivity index (χ1) is 11.3. The number of hydrogen-bond acceptors (Lipinski definition) is 5. The average molecular weight is 450 g/mol. The number of sulfone groups is 1. The second-order valence-corrected chi connectivity index (χ2v) is 11.5. The van der Waals surface area contributed by atoms with E-state index in [9.17, 15) is 16.8 Å². The predicted molar refractivity (Wildman–Crippen MR) is 98.4 cm³/mol. The normalized spacial score (nSPS) is 22.1. The lowest BCUT2D eigenvalue weighted by atomic mass is 10.2. The van der Waals surface area contributed by atoms with Crippen molar-refractivity contribution in [1.82, 2.24) is 4.31 Å². The topological polar surface area (TPSA) is 71.5 Å². The Hall–Kier alpha value is -0.740. The van der Waals surface area contributed by atoms with E-state index in [4.69, 9.17) is 0 Å². The van der Waals surface area contributed by atoms with Gasteiger partial charge >= 0.3 is 0 Å². The lowest BCUT2D eigenvalue weighted by molar-refractivity contribution is 0.428. The van der Waals surface area contributed by atoms with Gasteiger partial charge < -0.3 is 0 Å². The lowest BCUT2D eigenvalue weighted by Crippen LogP contribution is -2.33. The molecule has 24 heavy (non-hydrogen) atoms. The van der Waals surface area contributed by atoms with Crippen LogP contribution < -0.4 is 0 Å². The maximum absolute atomic E-state index is 12.9. The zero-order valence-corrected chi connectivity index (χ0v) is 16.7. The summed E-state index contributed by atoms with van der Waals surface area (Å²) in [6.45, 7) is 0.166. The average Bonchev–Trinajstić information content (AvgIpc) is 2.98. The summed E-state index contributed by atoms with van der Waals surface area (Å²) in [6, 6.07) is 10.2. The van der Waals surface area contributed by atoms with Crippen molar-refractivity contribution in [3.63, 3.8) is 0 Å². The number of nitrogens with zero attached hydrogens (tertiary/aromatic N) is 1. The molecule has 5 nitrogen and oxygen atoms in total. The third-order valence-corrected chi connectivity index (χ3v) is 10.2. The second kappa shape index (κ2) is 6.87. The van der Waals surface area contributed by atoms with Crippen molar-refractivity contribution in [2.24, 2.45) is 0 Å². The van der Waals surface area contributed by atoms with E-state index in [0.29, 0.717) is 4.47 Å². The molecular weight excluding hydrogens is 434 g/mol. The van der Waals surface area contributed by atoms with Crippen LogP contribution >= 0.6 is 27.3 Å². The molecule has 1 saturated heterocycles. The van der Waals surface area contributed by atoms with Gasteiger partial charge in [-0.15, -0.1) is 11.3 Å². The molecule has 1 aromatic carbocycles. The fourth-order valence-electron chi connectivity index (χ4n) is 2.75. The van der Waals surface area contributed by atoms with Gasteiger partial charge in [0.25, 0.3) is 0 Å². The van der Waals surface area contributed by atoms with E-state index in [1.165, 1.54) is 21.7 Å². The van der Waals surface area contributed by atoms with Gasteiger partial charge in [0.15, 0.2) is 9.84 Å². The molecule has 0 radical (unpaired) electrons. The van der Waals surface area contributed by atoms with Gasteiger partial charge in [-0.05, 0) is 45.9 Å². The van der Waals surface area contributed by atoms with Crippen LogP contribution in [0.15, 0.2) is 51.1 Å². The first-order valence-electron chi connectivity index (χ1n) is 7.32. The fourth-order valence-corrected chi connectivity index (χ4v) is 8.29. The Morgan fingerprint density at radius 1 is 1.12 bits per heavy atom. The molecule has 0 saturated carbocycles. The van der Waals surface area contributed by atoms with Crippen LogP contribution in [0.4, 0.5) is 0 Å². The molecule has 1 fully saturated rings. The third-order valence-electron chi connectivity index (χ3n) is 4.01. The molecule has 1 atom stereocenters. The standard InChI is InChI=1S/C15H16BrNO4S3/c16-12-4-1-2-6-14(12)24(20,21)17-8-7-15(13-5-3-10-22-13)23(18,19)11-9-17/h1-6,10,15H,7-9,11H2. The number of thiophene rings is 1. The van der Waals surface area contributed by atoms with E-state index in [0.717, 1.165) is 4.88 Å². The molecule has 3 rings (SSSR count). The molecule has 0 aliphatic carbocycles. The van der Waals surface area contributed by atoms with Crippen LogP contribution in [0.2, 0.25) is 0 Å². The van der Waals surface area contributed by atoms with Crippen molar-refractivity contribution in [1.29, 1.82) is 0 Å². The monoisotopic (exact) mass is 449 g/mol. The Kier molecular flexibility index (Phi) is 5.17. The molecule has 0 N–H and O–H groups in total. The predicted octanol–water partition coefficient (Wildman–Crippen LogP) is 3.06. The van der Waals surface area contributed by atoms with Crippen molar-refractivity contribution in [2.75, 3.05) is 18.8 Å².